The van der Waals surface area contributed by atoms with E-state index in [1.807, 2.05) is 47.4 Å². The van der Waals surface area contributed by atoms with Gasteiger partial charge >= 0.3 is 0 Å². The van der Waals surface area contributed by atoms with Crippen molar-refractivity contribution in [3.63, 3.8) is 0 Å². The summed E-state index contributed by atoms with van der Waals surface area (Å²) in [6, 6.07) is 16.5. The van der Waals surface area contributed by atoms with Crippen LogP contribution in [-0.4, -0.2) is 37.3 Å². The number of piperidine rings is 1. The summed E-state index contributed by atoms with van der Waals surface area (Å²) in [6.07, 6.45) is 1.95. The molecular weight excluding hydrogens is 378 g/mol. The van der Waals surface area contributed by atoms with Gasteiger partial charge in [-0.2, -0.15) is 0 Å². The molecule has 0 aromatic heterocycles. The molecule has 25 heavy (non-hydrogen) atoms. The van der Waals surface area contributed by atoms with E-state index in [0.29, 0.717) is 0 Å². The number of nitrogens with zero attached hydrogens (tertiary/aromatic N) is 2. The number of carbonyl (C=O) groups is 1. The Morgan fingerprint density at radius 1 is 1.08 bits per heavy atom. The molecule has 0 radical (unpaired) electrons. The molecule has 2 aromatic rings. The fourth-order valence-electron chi connectivity index (χ4n) is 3.66. The summed E-state index contributed by atoms with van der Waals surface area (Å²) >= 11 is 3.58. The minimum absolute atomic E-state index is 0.0846. The lowest BCUT2D eigenvalue weighted by Gasteiger charge is -2.34. The number of anilines is 1. The molecule has 0 saturated carbocycles. The Morgan fingerprint density at radius 2 is 1.84 bits per heavy atom. The Hall–Kier alpha value is -1.98. The Morgan fingerprint density at radius 3 is 2.60 bits per heavy atom. The van der Waals surface area contributed by atoms with Crippen molar-refractivity contribution in [3.05, 3.63) is 64.1 Å². The lowest BCUT2D eigenvalue weighted by Crippen LogP contribution is -2.47. The molecule has 2 aliphatic heterocycles. The van der Waals surface area contributed by atoms with E-state index in [2.05, 4.69) is 27.3 Å². The van der Waals surface area contributed by atoms with Gasteiger partial charge in [-0.25, -0.2) is 0 Å². The van der Waals surface area contributed by atoms with Gasteiger partial charge in [-0.15, -0.1) is 0 Å². The normalized spacial score (nSPS) is 18.5. The highest BCUT2D eigenvalue weighted by atomic mass is 79.9. The van der Waals surface area contributed by atoms with E-state index in [9.17, 15) is 4.79 Å². The van der Waals surface area contributed by atoms with Crippen LogP contribution in [0.15, 0.2) is 58.0 Å². The number of benzodiazepines with no additional fused rings is 1. The second-order valence-electron chi connectivity index (χ2n) is 6.44. The molecule has 1 fully saturated rings. The third kappa shape index (κ3) is 3.26. The van der Waals surface area contributed by atoms with E-state index in [1.165, 1.54) is 0 Å². The number of fused-ring (bicyclic) bond motifs is 1. The van der Waals surface area contributed by atoms with Crippen LogP contribution in [0.4, 0.5) is 5.69 Å². The number of amides is 1. The lowest BCUT2D eigenvalue weighted by molar-refractivity contribution is -0.117. The number of hydrogen-bond acceptors (Lipinski definition) is 3. The smallest absolute Gasteiger partial charge is 0.248 e. The second kappa shape index (κ2) is 7.10. The highest BCUT2D eigenvalue weighted by Gasteiger charge is 2.31. The number of hydrogen-bond donors (Lipinski definition) is 1. The Balaban J connectivity index is 1.84. The largest absolute Gasteiger partial charge is 0.317 e. The van der Waals surface area contributed by atoms with Crippen LogP contribution >= 0.6 is 15.9 Å². The van der Waals surface area contributed by atoms with Gasteiger partial charge in [0.1, 0.15) is 6.54 Å². The highest BCUT2D eigenvalue weighted by Crippen LogP contribution is 2.32. The second-order valence-corrected chi connectivity index (χ2v) is 7.35. The summed E-state index contributed by atoms with van der Waals surface area (Å²) in [4.78, 5) is 19.6. The molecule has 4 rings (SSSR count). The fraction of sp³-hybridized carbons (Fsp3) is 0.300. The van der Waals surface area contributed by atoms with Gasteiger partial charge in [-0.1, -0.05) is 46.3 Å². The van der Waals surface area contributed by atoms with E-state index in [0.717, 1.165) is 52.9 Å². The first kappa shape index (κ1) is 16.5. The molecule has 4 nitrogen and oxygen atoms in total. The third-order valence-corrected chi connectivity index (χ3v) is 5.33. The average molecular weight is 398 g/mol. The minimum atomic E-state index is 0.0846. The van der Waals surface area contributed by atoms with Crippen LogP contribution in [0.25, 0.3) is 0 Å². The van der Waals surface area contributed by atoms with E-state index in [1.54, 1.807) is 0 Å². The molecule has 0 unspecified atom stereocenters. The summed E-state index contributed by atoms with van der Waals surface area (Å²) in [5, 5.41) is 3.38. The van der Waals surface area contributed by atoms with Gasteiger partial charge in [0.05, 0.1) is 11.4 Å². The van der Waals surface area contributed by atoms with Gasteiger partial charge in [0.2, 0.25) is 5.91 Å². The summed E-state index contributed by atoms with van der Waals surface area (Å²) in [7, 11) is 0. The van der Waals surface area contributed by atoms with Crippen molar-refractivity contribution in [2.45, 2.75) is 18.9 Å². The quantitative estimate of drug-likeness (QED) is 0.843. The summed E-state index contributed by atoms with van der Waals surface area (Å²) < 4.78 is 0.995. The van der Waals surface area contributed by atoms with Crippen molar-refractivity contribution in [1.82, 2.24) is 5.32 Å². The van der Waals surface area contributed by atoms with Crippen LogP contribution in [-0.2, 0) is 4.79 Å². The maximum atomic E-state index is 12.9. The molecule has 0 atom stereocenters. The van der Waals surface area contributed by atoms with Crippen LogP contribution in [0.1, 0.15) is 24.0 Å². The van der Waals surface area contributed by atoms with Crippen LogP contribution in [0, 0.1) is 0 Å². The summed E-state index contributed by atoms with van der Waals surface area (Å²) in [6.45, 7) is 2.10. The standard InChI is InChI=1S/C20H20BrN3O/c21-15-6-7-18-17(12-15)20(14-4-2-1-3-5-14)23-13-19(25)24(18)16-8-10-22-11-9-16/h1-7,12,16,22H,8-11,13H2. The highest BCUT2D eigenvalue weighted by molar-refractivity contribution is 9.10. The first-order chi connectivity index (χ1) is 12.2. The average Bonchev–Trinajstić information content (AvgIpc) is 2.79. The zero-order valence-electron chi connectivity index (χ0n) is 13.9. The zero-order chi connectivity index (χ0) is 17.2. The van der Waals surface area contributed by atoms with E-state index in [-0.39, 0.29) is 18.5 Å². The molecule has 2 heterocycles. The summed E-state index contributed by atoms with van der Waals surface area (Å²) in [5.41, 5.74) is 3.92. The Labute approximate surface area is 156 Å². The molecule has 0 bridgehead atoms. The molecule has 1 amide bonds. The number of halogens is 1. The molecule has 1 N–H and O–H groups in total. The molecule has 2 aliphatic rings. The van der Waals surface area contributed by atoms with Crippen molar-refractivity contribution in [3.8, 4) is 0 Å². The number of rotatable bonds is 2. The van der Waals surface area contributed by atoms with E-state index < -0.39 is 0 Å². The Kier molecular flexibility index (Phi) is 4.68. The predicted octanol–water partition coefficient (Wildman–Crippen LogP) is 3.39. The number of benzene rings is 2. The van der Waals surface area contributed by atoms with Gasteiger partial charge in [-0.05, 0) is 44.1 Å². The topological polar surface area (TPSA) is 44.7 Å². The van der Waals surface area contributed by atoms with Gasteiger partial charge < -0.3 is 10.2 Å². The van der Waals surface area contributed by atoms with Crippen LogP contribution < -0.4 is 10.2 Å². The van der Waals surface area contributed by atoms with E-state index in [4.69, 9.17) is 4.99 Å². The molecular formula is C20H20BrN3O. The molecule has 0 aliphatic carbocycles. The maximum absolute atomic E-state index is 12.9. The van der Waals surface area contributed by atoms with Crippen molar-refractivity contribution >= 4 is 33.2 Å². The van der Waals surface area contributed by atoms with Crippen LogP contribution in [0.5, 0.6) is 0 Å². The minimum Gasteiger partial charge on any atom is -0.317 e. The monoisotopic (exact) mass is 397 g/mol. The molecule has 5 heteroatoms. The zero-order valence-corrected chi connectivity index (χ0v) is 15.5. The van der Waals surface area contributed by atoms with Gasteiger partial charge in [0.15, 0.2) is 0 Å². The van der Waals surface area contributed by atoms with Crippen LogP contribution in [0.2, 0.25) is 0 Å². The third-order valence-electron chi connectivity index (χ3n) is 4.84. The van der Waals surface area contributed by atoms with Crippen molar-refractivity contribution in [1.29, 1.82) is 0 Å². The molecule has 2 aromatic carbocycles. The van der Waals surface area contributed by atoms with E-state index >= 15 is 0 Å². The van der Waals surface area contributed by atoms with Gasteiger partial charge in [0, 0.05) is 21.6 Å². The number of nitrogens with one attached hydrogen (secondary N) is 1. The molecule has 0 spiro atoms. The van der Waals surface area contributed by atoms with Crippen molar-refractivity contribution in [2.75, 3.05) is 24.5 Å². The first-order valence-corrected chi connectivity index (χ1v) is 9.46. The number of aliphatic imine (C=N–C) groups is 1. The summed E-state index contributed by atoms with van der Waals surface area (Å²) in [5.74, 6) is 0.0846. The Bertz CT molecular complexity index is 813. The van der Waals surface area contributed by atoms with Crippen molar-refractivity contribution in [2.24, 2.45) is 4.99 Å². The van der Waals surface area contributed by atoms with Crippen LogP contribution in [0.3, 0.4) is 0 Å². The molecule has 128 valence electrons. The van der Waals surface area contributed by atoms with Gasteiger partial charge in [0.25, 0.3) is 0 Å². The predicted molar refractivity (Wildman–Crippen MR) is 104 cm³/mol. The SMILES string of the molecule is O=C1CN=C(c2ccccc2)c2cc(Br)ccc2N1C1CCNCC1. The number of carbonyl (C=O) groups excluding carboxylic acids is 1. The maximum Gasteiger partial charge on any atom is 0.248 e. The van der Waals surface area contributed by atoms with Gasteiger partial charge in [-0.3, -0.25) is 9.79 Å². The first-order valence-electron chi connectivity index (χ1n) is 8.66. The molecule has 1 saturated heterocycles. The lowest BCUT2D eigenvalue weighted by atomic mass is 9.98. The van der Waals surface area contributed by atoms with Crippen molar-refractivity contribution < 1.29 is 4.79 Å². The fourth-order valence-corrected chi connectivity index (χ4v) is 4.02.